The molecule has 1 aliphatic carbocycles. The van der Waals surface area contributed by atoms with E-state index in [1.165, 1.54) is 19.1 Å². The van der Waals surface area contributed by atoms with Crippen LogP contribution < -0.4 is 0 Å². The molecule has 1 unspecified atom stereocenters. The summed E-state index contributed by atoms with van der Waals surface area (Å²) in [7, 11) is 4.57. The molecular formula is C43H69NO12. The third kappa shape index (κ3) is 10.7. The van der Waals surface area contributed by atoms with E-state index >= 15 is 0 Å². The maximum Gasteiger partial charge on any atom is 0.329 e. The van der Waals surface area contributed by atoms with E-state index in [1.54, 1.807) is 21.0 Å². The predicted octanol–water partition coefficient (Wildman–Crippen LogP) is 4.47. The lowest BCUT2D eigenvalue weighted by molar-refractivity contribution is -0.251. The number of piperidine rings is 1. The molecule has 4 aliphatic rings. The molecule has 3 fully saturated rings. The third-order valence-corrected chi connectivity index (χ3v) is 12.8. The number of fused-ring (bicyclic) bond motifs is 3. The van der Waals surface area contributed by atoms with Crippen LogP contribution in [0.15, 0.2) is 23.3 Å². The molecule has 318 valence electrons. The van der Waals surface area contributed by atoms with Crippen LogP contribution in [0.1, 0.15) is 112 Å². The number of rotatable bonds is 6. The molecule has 1 saturated carbocycles. The largest absolute Gasteiger partial charge is 0.456 e. The maximum absolute atomic E-state index is 14.6. The lowest BCUT2D eigenvalue weighted by Crippen LogP contribution is -2.63. The van der Waals surface area contributed by atoms with Crippen molar-refractivity contribution >= 4 is 23.4 Å². The molecule has 3 heterocycles. The van der Waals surface area contributed by atoms with Gasteiger partial charge in [0.2, 0.25) is 5.78 Å². The summed E-state index contributed by atoms with van der Waals surface area (Å²) in [6.45, 7) is 11.2. The lowest BCUT2D eigenvalue weighted by atomic mass is 9.81. The summed E-state index contributed by atoms with van der Waals surface area (Å²) >= 11 is 0. The van der Waals surface area contributed by atoms with Gasteiger partial charge in [-0.2, -0.15) is 0 Å². The van der Waals surface area contributed by atoms with Gasteiger partial charge in [0, 0.05) is 52.0 Å². The van der Waals surface area contributed by atoms with E-state index in [4.69, 9.17) is 23.7 Å². The van der Waals surface area contributed by atoms with Crippen LogP contribution in [-0.2, 0) is 42.9 Å². The number of carbonyl (C=O) groups is 4. The average Bonchev–Trinajstić information content (AvgIpc) is 3.27. The van der Waals surface area contributed by atoms with Crippen molar-refractivity contribution < 1.29 is 58.2 Å². The molecule has 0 spiro atoms. The number of aliphatic hydroxyl groups excluding tert-OH is 2. The fourth-order valence-corrected chi connectivity index (χ4v) is 9.39. The number of allylic oxidation sites excluding steroid dienone is 3. The Balaban J connectivity index is 1.81. The Labute approximate surface area is 333 Å². The molecular weight excluding hydrogens is 722 g/mol. The van der Waals surface area contributed by atoms with Gasteiger partial charge in [-0.25, -0.2) is 4.79 Å². The van der Waals surface area contributed by atoms with Gasteiger partial charge >= 0.3 is 11.8 Å². The first-order valence-corrected chi connectivity index (χ1v) is 20.8. The second kappa shape index (κ2) is 20.4. The summed E-state index contributed by atoms with van der Waals surface area (Å²) in [5.74, 6) is -7.60. The number of hydrogen-bond acceptors (Lipinski definition) is 12. The second-order valence-corrected chi connectivity index (χ2v) is 17.1. The quantitative estimate of drug-likeness (QED) is 0.196. The van der Waals surface area contributed by atoms with E-state index < -0.39 is 83.9 Å². The van der Waals surface area contributed by atoms with Gasteiger partial charge in [0.05, 0.1) is 30.5 Å². The summed E-state index contributed by atoms with van der Waals surface area (Å²) in [4.78, 5) is 58.0. The number of hydrogen-bond donors (Lipinski definition) is 3. The zero-order valence-electron chi connectivity index (χ0n) is 35.1. The standard InChI is InChI=1S/C43H69NO12/c1-10-30-18-24(2)17-25(3)19-36(53-8)39-37(54-9)21-27(5)40(48)43(51,56-39)42(50)44-16-12-11-13-31(44)41(49)55-38(28(6)33(46)23-34(30)47)26(4)20-29-14-15-32(45)35(22-29)52-7/h18,20,25,27-33,35-39,45-46,51H,10-17,19,21-23H2,1-9H3/b24-18+,26-20+/t25-,27+,28+,29-,30+,31-,32+,33-,35+,36?,37-,38+,39+,43+/m0/s1. The number of Topliss-reactive ketones (excluding diaryl/α,β-unsaturated/α-hetero) is 2. The minimum absolute atomic E-state index is 0.00347. The molecule has 0 aromatic carbocycles. The van der Waals surface area contributed by atoms with Crippen LogP contribution in [-0.4, -0.2) is 126 Å². The Hall–Kier alpha value is -2.52. The predicted molar refractivity (Wildman–Crippen MR) is 208 cm³/mol. The molecule has 3 aliphatic heterocycles. The molecule has 14 atom stereocenters. The van der Waals surface area contributed by atoms with E-state index in [-0.39, 0.29) is 49.5 Å². The Kier molecular flexibility index (Phi) is 16.9. The minimum Gasteiger partial charge on any atom is -0.456 e. The Bertz CT molecular complexity index is 1430. The molecule has 56 heavy (non-hydrogen) atoms. The smallest absolute Gasteiger partial charge is 0.329 e. The fourth-order valence-electron chi connectivity index (χ4n) is 9.39. The van der Waals surface area contributed by atoms with Crippen LogP contribution in [0.25, 0.3) is 0 Å². The van der Waals surface area contributed by atoms with Crippen molar-refractivity contribution in [3.63, 3.8) is 0 Å². The highest BCUT2D eigenvalue weighted by Gasteiger charge is 2.57. The van der Waals surface area contributed by atoms with Crippen LogP contribution >= 0.6 is 0 Å². The van der Waals surface area contributed by atoms with Crippen LogP contribution in [0.3, 0.4) is 0 Å². The van der Waals surface area contributed by atoms with Crippen molar-refractivity contribution in [3.8, 4) is 0 Å². The van der Waals surface area contributed by atoms with E-state index in [0.29, 0.717) is 56.9 Å². The van der Waals surface area contributed by atoms with Gasteiger partial charge in [-0.1, -0.05) is 45.4 Å². The number of ketones is 2. The van der Waals surface area contributed by atoms with Gasteiger partial charge in [0.25, 0.3) is 5.91 Å². The second-order valence-electron chi connectivity index (χ2n) is 17.1. The molecule has 2 saturated heterocycles. The van der Waals surface area contributed by atoms with Crippen LogP contribution in [0, 0.1) is 29.6 Å². The number of methoxy groups -OCH3 is 3. The number of aliphatic hydroxyl groups is 3. The van der Waals surface area contributed by atoms with E-state index in [9.17, 15) is 34.5 Å². The zero-order chi connectivity index (χ0) is 41.5. The number of ether oxygens (including phenoxy) is 5. The van der Waals surface area contributed by atoms with Crippen molar-refractivity contribution in [2.45, 2.75) is 167 Å². The van der Waals surface area contributed by atoms with Crippen molar-refractivity contribution in [2.24, 2.45) is 29.6 Å². The van der Waals surface area contributed by atoms with Gasteiger partial charge in [-0.15, -0.1) is 0 Å². The zero-order valence-corrected chi connectivity index (χ0v) is 35.1. The summed E-state index contributed by atoms with van der Waals surface area (Å²) < 4.78 is 29.9. The van der Waals surface area contributed by atoms with Gasteiger partial charge < -0.3 is 43.9 Å². The van der Waals surface area contributed by atoms with Crippen molar-refractivity contribution in [2.75, 3.05) is 27.9 Å². The molecule has 0 radical (unpaired) electrons. The van der Waals surface area contributed by atoms with Gasteiger partial charge in [0.15, 0.2) is 0 Å². The number of amides is 1. The number of esters is 1. The molecule has 3 N–H and O–H groups in total. The van der Waals surface area contributed by atoms with Crippen molar-refractivity contribution in [1.29, 1.82) is 0 Å². The third-order valence-electron chi connectivity index (χ3n) is 12.8. The fraction of sp³-hybridized carbons (Fsp3) is 0.814. The minimum atomic E-state index is -2.92. The van der Waals surface area contributed by atoms with E-state index in [1.807, 2.05) is 39.8 Å². The molecule has 13 nitrogen and oxygen atoms in total. The number of carbonyl (C=O) groups excluding carboxylic acids is 4. The summed E-state index contributed by atoms with van der Waals surface area (Å²) in [5.41, 5.74) is 1.65. The molecule has 0 aromatic heterocycles. The highest BCUT2D eigenvalue weighted by atomic mass is 16.7. The first-order valence-electron chi connectivity index (χ1n) is 20.8. The highest BCUT2D eigenvalue weighted by molar-refractivity contribution is 6.09. The monoisotopic (exact) mass is 791 g/mol. The molecule has 2 bridgehead atoms. The van der Waals surface area contributed by atoms with Gasteiger partial charge in [-0.05, 0) is 95.5 Å². The average molecular weight is 792 g/mol. The summed E-state index contributed by atoms with van der Waals surface area (Å²) in [6.07, 6.45) is 3.20. The summed E-state index contributed by atoms with van der Waals surface area (Å²) in [6, 6.07) is -1.16. The first-order chi connectivity index (χ1) is 26.5. The highest BCUT2D eigenvalue weighted by Crippen LogP contribution is 2.37. The maximum atomic E-state index is 14.6. The van der Waals surface area contributed by atoms with E-state index in [2.05, 4.69) is 0 Å². The van der Waals surface area contributed by atoms with Gasteiger partial charge in [0.1, 0.15) is 24.0 Å². The number of nitrogens with zero attached hydrogens (tertiary/aromatic N) is 1. The molecule has 0 aromatic rings. The van der Waals surface area contributed by atoms with Crippen molar-refractivity contribution in [3.05, 3.63) is 23.3 Å². The SMILES string of the molecule is CC[C@@H]1/C=C(\C)C[C@H](C)CC(OC)[C@H]2O[C@](O)(C(=O)[C@H](C)C[C@@H]2OC)C(=O)N2CCCC[C@H]2C(=O)O[C@H](/C(C)=C/[C@@H]2CC[C@@H](O)[C@H](OC)C2)[C@H](C)[C@@H](O)CC1=O. The normalized spacial score (nSPS) is 41.6. The summed E-state index contributed by atoms with van der Waals surface area (Å²) in [5, 5.41) is 34.3. The Morgan fingerprint density at radius 2 is 1.57 bits per heavy atom. The molecule has 1 amide bonds. The van der Waals surface area contributed by atoms with Crippen LogP contribution in [0.4, 0.5) is 0 Å². The Morgan fingerprint density at radius 1 is 0.911 bits per heavy atom. The number of cyclic esters (lactones) is 1. The van der Waals surface area contributed by atoms with E-state index in [0.717, 1.165) is 5.57 Å². The topological polar surface area (TPSA) is 178 Å². The molecule has 13 heteroatoms. The van der Waals surface area contributed by atoms with Crippen LogP contribution in [0.2, 0.25) is 0 Å². The lowest BCUT2D eigenvalue weighted by Gasteiger charge is -2.41. The van der Waals surface area contributed by atoms with Crippen LogP contribution in [0.5, 0.6) is 0 Å². The molecule has 4 rings (SSSR count). The van der Waals surface area contributed by atoms with Crippen molar-refractivity contribution in [1.82, 2.24) is 4.90 Å². The Morgan fingerprint density at radius 3 is 2.21 bits per heavy atom. The van der Waals surface area contributed by atoms with Gasteiger partial charge in [-0.3, -0.25) is 14.4 Å². The first kappa shape index (κ1) is 46.2.